The third kappa shape index (κ3) is 5.87. The van der Waals surface area contributed by atoms with E-state index in [0.717, 1.165) is 136 Å². The molecule has 7 heteroatoms. The molecule has 0 saturated carbocycles. The molecule has 5 aromatic heterocycles. The standard InChI is InChI=1S/C73H41N7/c74-41-58-67(79-63-29-15-11-25-55(63)70-65(79)35-33-53-51-23-9-13-27-61(51)77(72(53)70)45-17-3-1-4-18-45)40-68(59(42-75)69(58)44-31-32-49-47-21-7-8-22-48(47)50-37-38-76-43-60(50)57(49)39-44)80-64-30-16-12-26-56(64)71-66(80)36-34-54-52-24-10-14-28-62(52)78(73(54)71)46-19-5-2-6-20-46/h1-40,43H. The van der Waals surface area contributed by atoms with Crippen molar-refractivity contribution in [1.82, 2.24) is 23.3 Å². The minimum absolute atomic E-state index is 0.395. The van der Waals surface area contributed by atoms with Gasteiger partial charge in [-0.1, -0.05) is 158 Å². The molecule has 368 valence electrons. The first-order valence-electron chi connectivity index (χ1n) is 26.9. The van der Waals surface area contributed by atoms with Crippen LogP contribution in [0.4, 0.5) is 0 Å². The SMILES string of the molecule is N#Cc1c(-n2c3ccccc3c3c2ccc2c4ccccc4n(-c4ccccc4)c23)cc(-n2c3ccccc3c3c2ccc2c4ccccc4n(-c4ccccc4)c23)c(C#N)c1-c1ccc2c3ccccc3c3ccncc3c2c1. The summed E-state index contributed by atoms with van der Waals surface area (Å²) in [6, 6.07) is 89.1. The highest BCUT2D eigenvalue weighted by molar-refractivity contribution is 6.29. The fourth-order valence-corrected chi connectivity index (χ4v) is 13.7. The molecule has 0 saturated heterocycles. The second-order valence-electron chi connectivity index (χ2n) is 20.8. The van der Waals surface area contributed by atoms with Crippen LogP contribution >= 0.6 is 0 Å². The Bertz CT molecular complexity index is 5320. The summed E-state index contributed by atoms with van der Waals surface area (Å²) in [6.45, 7) is 0. The van der Waals surface area contributed by atoms with Gasteiger partial charge in [0.25, 0.3) is 0 Å². The van der Waals surface area contributed by atoms with Crippen molar-refractivity contribution >= 4 is 120 Å². The van der Waals surface area contributed by atoms with Gasteiger partial charge in [-0.3, -0.25) is 4.98 Å². The van der Waals surface area contributed by atoms with Gasteiger partial charge in [-0.05, 0) is 111 Å². The first-order valence-corrected chi connectivity index (χ1v) is 26.9. The molecule has 0 spiro atoms. The normalized spacial score (nSPS) is 12.0. The average molecular weight is 1020 g/mol. The minimum atomic E-state index is 0.395. The molecular weight excluding hydrogens is 975 g/mol. The quantitative estimate of drug-likeness (QED) is 0.161. The average Bonchev–Trinajstić information content (AvgIpc) is 4.46. The summed E-state index contributed by atoms with van der Waals surface area (Å²) in [7, 11) is 0. The Labute approximate surface area is 457 Å². The maximum Gasteiger partial charge on any atom is 0.102 e. The van der Waals surface area contributed by atoms with Crippen molar-refractivity contribution in [2.24, 2.45) is 0 Å². The van der Waals surface area contributed by atoms with Crippen LogP contribution in [0.5, 0.6) is 0 Å². The molecule has 12 aromatic carbocycles. The molecule has 0 aliphatic carbocycles. The molecule has 0 radical (unpaired) electrons. The number of pyridine rings is 1. The molecule has 0 aliphatic heterocycles. The van der Waals surface area contributed by atoms with Gasteiger partial charge in [0, 0.05) is 77.8 Å². The van der Waals surface area contributed by atoms with Gasteiger partial charge in [-0.15, -0.1) is 0 Å². The van der Waals surface area contributed by atoms with Gasteiger partial charge in [-0.2, -0.15) is 10.5 Å². The van der Waals surface area contributed by atoms with Crippen LogP contribution in [0.3, 0.4) is 0 Å². The lowest BCUT2D eigenvalue weighted by atomic mass is 9.88. The predicted octanol–water partition coefficient (Wildman–Crippen LogP) is 18.3. The lowest BCUT2D eigenvalue weighted by molar-refractivity contribution is 1.12. The summed E-state index contributed by atoms with van der Waals surface area (Å²) in [6.07, 6.45) is 3.78. The lowest BCUT2D eigenvalue weighted by Crippen LogP contribution is -2.07. The Hall–Kier alpha value is -11.3. The van der Waals surface area contributed by atoms with Crippen molar-refractivity contribution < 1.29 is 0 Å². The van der Waals surface area contributed by atoms with Gasteiger partial charge in [0.15, 0.2) is 0 Å². The van der Waals surface area contributed by atoms with E-state index >= 15 is 0 Å². The van der Waals surface area contributed by atoms with Crippen LogP contribution in [-0.4, -0.2) is 23.3 Å². The molecule has 17 aromatic rings. The van der Waals surface area contributed by atoms with Crippen LogP contribution < -0.4 is 0 Å². The van der Waals surface area contributed by atoms with Crippen molar-refractivity contribution in [3.8, 4) is 46.0 Å². The van der Waals surface area contributed by atoms with Crippen molar-refractivity contribution in [2.45, 2.75) is 0 Å². The second kappa shape index (κ2) is 16.6. The van der Waals surface area contributed by atoms with E-state index in [-0.39, 0.29) is 0 Å². The number of hydrogen-bond donors (Lipinski definition) is 0. The topological polar surface area (TPSA) is 80.2 Å². The van der Waals surface area contributed by atoms with E-state index in [0.29, 0.717) is 28.1 Å². The van der Waals surface area contributed by atoms with Crippen LogP contribution in [-0.2, 0) is 0 Å². The number of rotatable bonds is 5. The summed E-state index contributed by atoms with van der Waals surface area (Å²) in [5, 5.41) is 39.4. The highest BCUT2D eigenvalue weighted by atomic mass is 15.0. The lowest BCUT2D eigenvalue weighted by Gasteiger charge is -2.21. The maximum atomic E-state index is 12.1. The van der Waals surface area contributed by atoms with E-state index in [2.05, 4.69) is 272 Å². The van der Waals surface area contributed by atoms with Gasteiger partial charge < -0.3 is 18.3 Å². The third-order valence-electron chi connectivity index (χ3n) is 16.9. The zero-order valence-corrected chi connectivity index (χ0v) is 42.8. The van der Waals surface area contributed by atoms with Gasteiger partial charge >= 0.3 is 0 Å². The van der Waals surface area contributed by atoms with Gasteiger partial charge in [0.05, 0.1) is 66.6 Å². The number of nitrogens with zero attached hydrogens (tertiary/aromatic N) is 7. The molecule has 5 heterocycles. The van der Waals surface area contributed by atoms with Crippen molar-refractivity contribution in [3.63, 3.8) is 0 Å². The number of fused-ring (bicyclic) bond motifs is 20. The Morgan fingerprint density at radius 1 is 0.300 bits per heavy atom. The Morgan fingerprint density at radius 2 is 0.700 bits per heavy atom. The first-order chi connectivity index (χ1) is 39.7. The molecule has 0 fully saturated rings. The van der Waals surface area contributed by atoms with E-state index in [1.54, 1.807) is 0 Å². The predicted molar refractivity (Wildman–Crippen MR) is 329 cm³/mol. The van der Waals surface area contributed by atoms with E-state index in [4.69, 9.17) is 0 Å². The van der Waals surface area contributed by atoms with Crippen LogP contribution in [0.15, 0.2) is 249 Å². The number of para-hydroxylation sites is 6. The van der Waals surface area contributed by atoms with Crippen LogP contribution in [0.1, 0.15) is 11.1 Å². The largest absolute Gasteiger partial charge is 0.309 e. The molecule has 0 N–H and O–H groups in total. The summed E-state index contributed by atoms with van der Waals surface area (Å²) in [4.78, 5) is 4.66. The Balaban J connectivity index is 1.06. The molecule has 0 aliphatic rings. The van der Waals surface area contributed by atoms with Crippen LogP contribution in [0, 0.1) is 22.7 Å². The van der Waals surface area contributed by atoms with E-state index < -0.39 is 0 Å². The van der Waals surface area contributed by atoms with Gasteiger partial charge in [0.1, 0.15) is 12.1 Å². The fourth-order valence-electron chi connectivity index (χ4n) is 13.7. The zero-order valence-electron chi connectivity index (χ0n) is 42.8. The number of hydrogen-bond acceptors (Lipinski definition) is 3. The number of nitriles is 2. The molecule has 0 unspecified atom stereocenters. The van der Waals surface area contributed by atoms with Crippen LogP contribution in [0.25, 0.3) is 153 Å². The molecule has 0 bridgehead atoms. The highest BCUT2D eigenvalue weighted by Gasteiger charge is 2.29. The second-order valence-corrected chi connectivity index (χ2v) is 20.8. The maximum absolute atomic E-state index is 12.1. The molecule has 7 nitrogen and oxygen atoms in total. The van der Waals surface area contributed by atoms with E-state index in [1.165, 1.54) is 0 Å². The summed E-state index contributed by atoms with van der Waals surface area (Å²) < 4.78 is 9.32. The van der Waals surface area contributed by atoms with E-state index in [1.807, 2.05) is 12.4 Å². The molecular formula is C73H41N7. The fraction of sp³-hybridized carbons (Fsp3) is 0. The molecule has 0 amide bonds. The zero-order chi connectivity index (χ0) is 52.7. The Kier molecular flexibility index (Phi) is 9.13. The van der Waals surface area contributed by atoms with E-state index in [9.17, 15) is 10.5 Å². The summed E-state index contributed by atoms with van der Waals surface area (Å²) in [5.41, 5.74) is 13.7. The molecule has 17 rings (SSSR count). The van der Waals surface area contributed by atoms with Crippen LogP contribution in [0.2, 0.25) is 0 Å². The van der Waals surface area contributed by atoms with Crippen molar-refractivity contribution in [3.05, 3.63) is 260 Å². The molecule has 80 heavy (non-hydrogen) atoms. The Morgan fingerprint density at radius 3 is 1.19 bits per heavy atom. The van der Waals surface area contributed by atoms with Crippen molar-refractivity contribution in [2.75, 3.05) is 0 Å². The number of benzene rings is 12. The van der Waals surface area contributed by atoms with Crippen molar-refractivity contribution in [1.29, 1.82) is 10.5 Å². The smallest absolute Gasteiger partial charge is 0.102 e. The minimum Gasteiger partial charge on any atom is -0.309 e. The third-order valence-corrected chi connectivity index (χ3v) is 16.9. The summed E-state index contributed by atoms with van der Waals surface area (Å²) in [5.74, 6) is 0. The monoisotopic (exact) mass is 1020 g/mol. The molecule has 0 atom stereocenters. The first kappa shape index (κ1) is 43.9. The number of aromatic nitrogens is 5. The summed E-state index contributed by atoms with van der Waals surface area (Å²) >= 11 is 0. The van der Waals surface area contributed by atoms with Gasteiger partial charge in [-0.25, -0.2) is 0 Å². The highest BCUT2D eigenvalue weighted by Crippen LogP contribution is 2.48. The van der Waals surface area contributed by atoms with Gasteiger partial charge in [0.2, 0.25) is 0 Å².